The zero-order valence-electron chi connectivity index (χ0n) is 11.0. The number of aliphatic hydroxyl groups is 1. The fourth-order valence-electron chi connectivity index (χ4n) is 1.71. The fraction of sp³-hybridized carbons (Fsp3) is 0.917. The molecule has 1 unspecified atom stereocenters. The molecule has 0 radical (unpaired) electrons. The van der Waals surface area contributed by atoms with E-state index in [1.807, 2.05) is 0 Å². The summed E-state index contributed by atoms with van der Waals surface area (Å²) < 4.78 is 0. The van der Waals surface area contributed by atoms with Crippen molar-refractivity contribution in [2.75, 3.05) is 19.7 Å². The summed E-state index contributed by atoms with van der Waals surface area (Å²) in [5, 5.41) is 15.4. The molecule has 0 saturated heterocycles. The van der Waals surface area contributed by atoms with Gasteiger partial charge in [0.05, 0.1) is 6.61 Å². The Labute approximate surface area is 105 Å². The minimum atomic E-state index is 0.109. The van der Waals surface area contributed by atoms with Crippen LogP contribution in [-0.2, 0) is 0 Å². The Morgan fingerprint density at radius 1 is 1.38 bits per heavy atom. The molecule has 0 aliphatic heterocycles. The molecule has 0 aromatic heterocycles. The van der Waals surface area contributed by atoms with Gasteiger partial charge in [-0.05, 0) is 30.0 Å². The number of aliphatic hydroxyl groups excluding tert-OH is 1. The van der Waals surface area contributed by atoms with Crippen molar-refractivity contribution in [2.24, 2.45) is 11.3 Å². The molecule has 0 saturated carbocycles. The molecule has 0 fully saturated rings. The van der Waals surface area contributed by atoms with Crippen molar-refractivity contribution in [3.05, 3.63) is 0 Å². The monoisotopic (exact) mass is 246 g/mol. The van der Waals surface area contributed by atoms with Crippen LogP contribution in [0.15, 0.2) is 0 Å². The second-order valence-corrected chi connectivity index (χ2v) is 5.62. The van der Waals surface area contributed by atoms with Gasteiger partial charge in [0.15, 0.2) is 5.11 Å². The van der Waals surface area contributed by atoms with E-state index in [4.69, 9.17) is 17.3 Å². The van der Waals surface area contributed by atoms with Crippen LogP contribution in [0.2, 0.25) is 0 Å². The summed E-state index contributed by atoms with van der Waals surface area (Å²) in [6, 6.07) is 0. The molecule has 0 aromatic carbocycles. The highest BCUT2D eigenvalue weighted by Gasteiger charge is 2.20. The van der Waals surface area contributed by atoms with E-state index in [9.17, 15) is 0 Å². The molecule has 16 heavy (non-hydrogen) atoms. The second kappa shape index (κ2) is 7.85. The lowest BCUT2D eigenvalue weighted by Crippen LogP contribution is -2.41. The van der Waals surface area contributed by atoms with E-state index in [0.29, 0.717) is 11.7 Å². The zero-order chi connectivity index (χ0) is 12.6. The summed E-state index contributed by atoms with van der Waals surface area (Å²) >= 11 is 5.10. The molecule has 0 heterocycles. The highest BCUT2D eigenvalue weighted by Crippen LogP contribution is 2.25. The molecule has 0 bridgehead atoms. The van der Waals surface area contributed by atoms with Crippen LogP contribution < -0.4 is 10.6 Å². The maximum absolute atomic E-state index is 8.64. The predicted octanol–water partition coefficient (Wildman–Crippen LogP) is 1.91. The Balaban J connectivity index is 3.84. The van der Waals surface area contributed by atoms with E-state index in [0.717, 1.165) is 12.5 Å². The number of nitrogens with one attached hydrogen (secondary N) is 2. The quantitative estimate of drug-likeness (QED) is 0.600. The van der Waals surface area contributed by atoms with E-state index in [1.54, 1.807) is 0 Å². The van der Waals surface area contributed by atoms with Crippen LogP contribution in [0.4, 0.5) is 0 Å². The van der Waals surface area contributed by atoms with E-state index in [-0.39, 0.29) is 12.0 Å². The molecule has 0 spiro atoms. The molecule has 0 aromatic rings. The van der Waals surface area contributed by atoms with E-state index in [1.165, 1.54) is 12.8 Å². The zero-order valence-corrected chi connectivity index (χ0v) is 11.8. The third-order valence-electron chi connectivity index (χ3n) is 2.72. The van der Waals surface area contributed by atoms with Gasteiger partial charge in [-0.1, -0.05) is 34.1 Å². The van der Waals surface area contributed by atoms with Crippen LogP contribution >= 0.6 is 12.2 Å². The third-order valence-corrected chi connectivity index (χ3v) is 3.01. The molecule has 3 nitrogen and oxygen atoms in total. The Morgan fingerprint density at radius 2 is 2.00 bits per heavy atom. The highest BCUT2D eigenvalue weighted by molar-refractivity contribution is 7.80. The lowest BCUT2D eigenvalue weighted by molar-refractivity contribution is 0.272. The molecule has 96 valence electrons. The van der Waals surface area contributed by atoms with Gasteiger partial charge in [0, 0.05) is 13.1 Å². The van der Waals surface area contributed by atoms with Gasteiger partial charge >= 0.3 is 0 Å². The van der Waals surface area contributed by atoms with Crippen molar-refractivity contribution in [3.63, 3.8) is 0 Å². The predicted molar refractivity (Wildman–Crippen MR) is 73.5 cm³/mol. The number of hydrogen-bond acceptors (Lipinski definition) is 2. The first-order valence-corrected chi connectivity index (χ1v) is 6.44. The van der Waals surface area contributed by atoms with Gasteiger partial charge in [0.2, 0.25) is 0 Å². The Hall–Kier alpha value is -0.350. The van der Waals surface area contributed by atoms with Gasteiger partial charge in [0.1, 0.15) is 0 Å². The van der Waals surface area contributed by atoms with Gasteiger partial charge in [-0.3, -0.25) is 0 Å². The van der Waals surface area contributed by atoms with Crippen LogP contribution in [0, 0.1) is 11.3 Å². The Kier molecular flexibility index (Phi) is 7.68. The Bertz CT molecular complexity index is 207. The average molecular weight is 246 g/mol. The van der Waals surface area contributed by atoms with Crippen LogP contribution in [0.3, 0.4) is 0 Å². The fourth-order valence-corrected chi connectivity index (χ4v) is 1.89. The molecule has 0 amide bonds. The summed E-state index contributed by atoms with van der Waals surface area (Å²) in [4.78, 5) is 0. The molecule has 3 N–H and O–H groups in total. The molecular formula is C12H26N2OS. The van der Waals surface area contributed by atoms with Crippen molar-refractivity contribution >= 4 is 17.3 Å². The summed E-state index contributed by atoms with van der Waals surface area (Å²) in [7, 11) is 0. The van der Waals surface area contributed by atoms with Gasteiger partial charge in [-0.25, -0.2) is 0 Å². The highest BCUT2D eigenvalue weighted by atomic mass is 32.1. The van der Waals surface area contributed by atoms with E-state index < -0.39 is 0 Å². The number of hydrogen-bond donors (Lipinski definition) is 3. The topological polar surface area (TPSA) is 44.3 Å². The second-order valence-electron chi connectivity index (χ2n) is 5.21. The van der Waals surface area contributed by atoms with Gasteiger partial charge in [-0.15, -0.1) is 0 Å². The smallest absolute Gasteiger partial charge is 0.166 e. The van der Waals surface area contributed by atoms with Crippen LogP contribution in [0.5, 0.6) is 0 Å². The molecule has 4 heteroatoms. The van der Waals surface area contributed by atoms with Crippen molar-refractivity contribution in [1.82, 2.24) is 10.6 Å². The first-order chi connectivity index (χ1) is 7.41. The van der Waals surface area contributed by atoms with E-state index in [2.05, 4.69) is 38.3 Å². The van der Waals surface area contributed by atoms with Crippen LogP contribution in [0.1, 0.15) is 40.5 Å². The van der Waals surface area contributed by atoms with Crippen LogP contribution in [-0.4, -0.2) is 29.9 Å². The minimum absolute atomic E-state index is 0.109. The SMILES string of the molecule is CCC(C)CC(C)(C)CNC(=S)NCCO. The summed E-state index contributed by atoms with van der Waals surface area (Å²) in [6.45, 7) is 10.5. The van der Waals surface area contributed by atoms with Gasteiger partial charge < -0.3 is 15.7 Å². The van der Waals surface area contributed by atoms with Crippen molar-refractivity contribution in [3.8, 4) is 0 Å². The maximum Gasteiger partial charge on any atom is 0.166 e. The normalized spacial score (nSPS) is 13.3. The molecule has 0 aliphatic carbocycles. The third kappa shape index (κ3) is 7.88. The maximum atomic E-state index is 8.64. The van der Waals surface area contributed by atoms with Gasteiger partial charge in [0.25, 0.3) is 0 Å². The standard InChI is InChI=1S/C12H26N2OS/c1-5-10(2)8-12(3,4)9-14-11(16)13-6-7-15/h10,15H,5-9H2,1-4H3,(H2,13,14,16). The summed E-state index contributed by atoms with van der Waals surface area (Å²) in [6.07, 6.45) is 2.41. The Morgan fingerprint density at radius 3 is 2.50 bits per heavy atom. The molecular weight excluding hydrogens is 220 g/mol. The van der Waals surface area contributed by atoms with Crippen molar-refractivity contribution < 1.29 is 5.11 Å². The van der Waals surface area contributed by atoms with E-state index >= 15 is 0 Å². The van der Waals surface area contributed by atoms with Crippen molar-refractivity contribution in [2.45, 2.75) is 40.5 Å². The molecule has 1 atom stereocenters. The number of thiocarbonyl (C=S) groups is 1. The molecule has 0 rings (SSSR count). The van der Waals surface area contributed by atoms with Crippen LogP contribution in [0.25, 0.3) is 0 Å². The first kappa shape index (κ1) is 15.7. The molecule has 0 aliphatic rings. The lowest BCUT2D eigenvalue weighted by atomic mass is 9.82. The first-order valence-electron chi connectivity index (χ1n) is 6.04. The largest absolute Gasteiger partial charge is 0.395 e. The summed E-state index contributed by atoms with van der Waals surface area (Å²) in [5.74, 6) is 0.746. The van der Waals surface area contributed by atoms with Crippen molar-refractivity contribution in [1.29, 1.82) is 0 Å². The average Bonchev–Trinajstić information content (AvgIpc) is 2.23. The lowest BCUT2D eigenvalue weighted by Gasteiger charge is -2.28. The minimum Gasteiger partial charge on any atom is -0.395 e. The van der Waals surface area contributed by atoms with Gasteiger partial charge in [-0.2, -0.15) is 0 Å². The number of rotatable bonds is 7. The summed E-state index contributed by atoms with van der Waals surface area (Å²) in [5.41, 5.74) is 0.250.